The monoisotopic (exact) mass is 402 g/mol. The standard InChI is InChI=1S/C20H18O9/c1-3-27-19(25)13-7-5-11(9-15(13)17(21)22)29-12-6-8-14(20(26)28-4-2)16(10-12)18(23)24/h5-10H,3-4H2,1-2H3,(H,21,22)(H,23,24). The molecule has 29 heavy (non-hydrogen) atoms. The molecule has 0 aromatic heterocycles. The predicted octanol–water partition coefficient (Wildman–Crippen LogP) is 3.23. The van der Waals surface area contributed by atoms with Gasteiger partial charge in [-0.25, -0.2) is 19.2 Å². The maximum Gasteiger partial charge on any atom is 0.339 e. The Hall–Kier alpha value is -3.88. The van der Waals surface area contributed by atoms with Gasteiger partial charge in [-0.15, -0.1) is 0 Å². The fourth-order valence-electron chi connectivity index (χ4n) is 2.44. The van der Waals surface area contributed by atoms with Crippen molar-refractivity contribution in [1.82, 2.24) is 0 Å². The zero-order chi connectivity index (χ0) is 21.6. The molecular formula is C20H18O9. The maximum atomic E-state index is 11.9. The Kier molecular flexibility index (Phi) is 6.91. The second-order valence-corrected chi connectivity index (χ2v) is 5.57. The second kappa shape index (κ2) is 9.36. The zero-order valence-electron chi connectivity index (χ0n) is 15.6. The molecule has 0 atom stereocenters. The van der Waals surface area contributed by atoms with E-state index in [9.17, 15) is 29.4 Å². The van der Waals surface area contributed by atoms with Crippen LogP contribution in [0.2, 0.25) is 0 Å². The van der Waals surface area contributed by atoms with E-state index in [1.807, 2.05) is 0 Å². The first kappa shape index (κ1) is 21.4. The summed E-state index contributed by atoms with van der Waals surface area (Å²) < 4.78 is 15.2. The number of carbonyl (C=O) groups excluding carboxylic acids is 2. The van der Waals surface area contributed by atoms with Crippen LogP contribution in [-0.2, 0) is 9.47 Å². The molecule has 2 rings (SSSR count). The van der Waals surface area contributed by atoms with Crippen molar-refractivity contribution >= 4 is 23.9 Å². The summed E-state index contributed by atoms with van der Waals surface area (Å²) in [4.78, 5) is 46.7. The molecule has 0 bridgehead atoms. The van der Waals surface area contributed by atoms with Crippen LogP contribution in [0.15, 0.2) is 36.4 Å². The largest absolute Gasteiger partial charge is 0.478 e. The average molecular weight is 402 g/mol. The molecular weight excluding hydrogens is 384 g/mol. The molecule has 9 nitrogen and oxygen atoms in total. The lowest BCUT2D eigenvalue weighted by atomic mass is 10.1. The Morgan fingerprint density at radius 2 is 1.07 bits per heavy atom. The van der Waals surface area contributed by atoms with Crippen molar-refractivity contribution in [3.05, 3.63) is 58.7 Å². The van der Waals surface area contributed by atoms with Crippen LogP contribution in [0.5, 0.6) is 11.5 Å². The third-order valence-electron chi connectivity index (χ3n) is 3.67. The van der Waals surface area contributed by atoms with E-state index >= 15 is 0 Å². The van der Waals surface area contributed by atoms with Gasteiger partial charge in [-0.2, -0.15) is 0 Å². The first-order valence-corrected chi connectivity index (χ1v) is 8.55. The molecule has 0 unspecified atom stereocenters. The first-order chi connectivity index (χ1) is 13.8. The minimum atomic E-state index is -1.36. The fourth-order valence-corrected chi connectivity index (χ4v) is 2.44. The molecule has 2 aromatic carbocycles. The third-order valence-corrected chi connectivity index (χ3v) is 3.67. The van der Waals surface area contributed by atoms with Crippen molar-refractivity contribution < 1.29 is 43.6 Å². The highest BCUT2D eigenvalue weighted by Crippen LogP contribution is 2.27. The van der Waals surface area contributed by atoms with Crippen LogP contribution in [0.1, 0.15) is 55.3 Å². The van der Waals surface area contributed by atoms with Crippen molar-refractivity contribution in [2.24, 2.45) is 0 Å². The maximum absolute atomic E-state index is 11.9. The van der Waals surface area contributed by atoms with Crippen LogP contribution in [0.25, 0.3) is 0 Å². The van der Waals surface area contributed by atoms with Gasteiger partial charge >= 0.3 is 23.9 Å². The van der Waals surface area contributed by atoms with Gasteiger partial charge in [0.25, 0.3) is 0 Å². The highest BCUT2D eigenvalue weighted by molar-refractivity contribution is 6.03. The van der Waals surface area contributed by atoms with Gasteiger partial charge in [0.15, 0.2) is 0 Å². The van der Waals surface area contributed by atoms with Gasteiger partial charge in [0.2, 0.25) is 0 Å². The molecule has 0 aliphatic carbocycles. The molecule has 0 aliphatic rings. The smallest absolute Gasteiger partial charge is 0.339 e. The summed E-state index contributed by atoms with van der Waals surface area (Å²) in [7, 11) is 0. The fraction of sp³-hybridized carbons (Fsp3) is 0.200. The van der Waals surface area contributed by atoms with Crippen molar-refractivity contribution in [3.8, 4) is 11.5 Å². The van der Waals surface area contributed by atoms with Crippen LogP contribution in [-0.4, -0.2) is 47.3 Å². The lowest BCUT2D eigenvalue weighted by molar-refractivity contribution is 0.0509. The summed E-state index contributed by atoms with van der Waals surface area (Å²) in [5.74, 6) is -4.19. The number of aromatic carboxylic acids is 2. The van der Waals surface area contributed by atoms with E-state index in [1.54, 1.807) is 13.8 Å². The molecule has 0 radical (unpaired) electrons. The van der Waals surface area contributed by atoms with Crippen molar-refractivity contribution in [1.29, 1.82) is 0 Å². The molecule has 0 spiro atoms. The molecule has 152 valence electrons. The molecule has 9 heteroatoms. The lowest BCUT2D eigenvalue weighted by Gasteiger charge is -2.11. The van der Waals surface area contributed by atoms with Gasteiger partial charge in [-0.3, -0.25) is 0 Å². The molecule has 2 N–H and O–H groups in total. The summed E-state index contributed by atoms with van der Waals surface area (Å²) in [6.45, 7) is 3.35. The number of ether oxygens (including phenoxy) is 3. The van der Waals surface area contributed by atoms with Crippen LogP contribution in [0.3, 0.4) is 0 Å². The van der Waals surface area contributed by atoms with Crippen LogP contribution in [0, 0.1) is 0 Å². The SMILES string of the molecule is CCOC(=O)c1ccc(Oc2ccc(C(=O)OCC)c(C(=O)O)c2)cc1C(=O)O. The van der Waals surface area contributed by atoms with E-state index in [1.165, 1.54) is 24.3 Å². The quantitative estimate of drug-likeness (QED) is 0.638. The second-order valence-electron chi connectivity index (χ2n) is 5.57. The molecule has 0 fully saturated rings. The predicted molar refractivity (Wildman–Crippen MR) is 98.8 cm³/mol. The highest BCUT2D eigenvalue weighted by atomic mass is 16.5. The Bertz CT molecular complexity index is 885. The van der Waals surface area contributed by atoms with Gasteiger partial charge in [0.1, 0.15) is 11.5 Å². The summed E-state index contributed by atoms with van der Waals surface area (Å²) in [6, 6.07) is 7.41. The number of hydrogen-bond donors (Lipinski definition) is 2. The van der Waals surface area contributed by atoms with Crippen LogP contribution < -0.4 is 4.74 Å². The lowest BCUT2D eigenvalue weighted by Crippen LogP contribution is -2.12. The molecule has 0 saturated heterocycles. The Morgan fingerprint density at radius 3 is 1.38 bits per heavy atom. The van der Waals surface area contributed by atoms with Crippen molar-refractivity contribution in [2.45, 2.75) is 13.8 Å². The summed E-state index contributed by atoms with van der Waals surface area (Å²) >= 11 is 0. The van der Waals surface area contributed by atoms with Gasteiger partial charge in [-0.1, -0.05) is 0 Å². The molecule has 0 heterocycles. The first-order valence-electron chi connectivity index (χ1n) is 8.55. The summed E-state index contributed by atoms with van der Waals surface area (Å²) in [5.41, 5.74) is -0.948. The summed E-state index contributed by atoms with van der Waals surface area (Å²) in [6.07, 6.45) is 0. The van der Waals surface area contributed by atoms with Crippen LogP contribution in [0.4, 0.5) is 0 Å². The summed E-state index contributed by atoms with van der Waals surface area (Å²) in [5, 5.41) is 18.7. The highest BCUT2D eigenvalue weighted by Gasteiger charge is 2.21. The number of carboxylic acid groups (broad SMARTS) is 2. The molecule has 0 aliphatic heterocycles. The van der Waals surface area contributed by atoms with E-state index in [2.05, 4.69) is 0 Å². The Morgan fingerprint density at radius 1 is 0.690 bits per heavy atom. The van der Waals surface area contributed by atoms with Crippen molar-refractivity contribution in [2.75, 3.05) is 13.2 Å². The zero-order valence-corrected chi connectivity index (χ0v) is 15.6. The van der Waals surface area contributed by atoms with E-state index in [-0.39, 0.29) is 47.0 Å². The minimum Gasteiger partial charge on any atom is -0.478 e. The third kappa shape index (κ3) is 5.10. The Labute approximate surface area is 165 Å². The van der Waals surface area contributed by atoms with Crippen molar-refractivity contribution in [3.63, 3.8) is 0 Å². The average Bonchev–Trinajstić information content (AvgIpc) is 2.68. The Balaban J connectivity index is 2.38. The number of carbonyl (C=O) groups is 4. The molecule has 2 aromatic rings. The molecule has 0 saturated carbocycles. The van der Waals surface area contributed by atoms with E-state index in [0.29, 0.717) is 0 Å². The number of hydrogen-bond acceptors (Lipinski definition) is 7. The van der Waals surface area contributed by atoms with Gasteiger partial charge < -0.3 is 24.4 Å². The number of esters is 2. The van der Waals surface area contributed by atoms with E-state index < -0.39 is 23.9 Å². The normalized spacial score (nSPS) is 10.1. The van der Waals surface area contributed by atoms with Gasteiger partial charge in [-0.05, 0) is 50.2 Å². The van der Waals surface area contributed by atoms with E-state index in [0.717, 1.165) is 12.1 Å². The van der Waals surface area contributed by atoms with Gasteiger partial charge in [0.05, 0.1) is 35.5 Å². The van der Waals surface area contributed by atoms with E-state index in [4.69, 9.17) is 14.2 Å². The minimum absolute atomic E-state index is 0.0515. The topological polar surface area (TPSA) is 136 Å². The number of benzene rings is 2. The van der Waals surface area contributed by atoms with Gasteiger partial charge in [0, 0.05) is 0 Å². The van der Waals surface area contributed by atoms with Crippen LogP contribution >= 0.6 is 0 Å². The number of rotatable bonds is 8. The number of carboxylic acids is 2. The molecule has 0 amide bonds.